The number of nitrogens with zero attached hydrogens (tertiary/aromatic N) is 1. The average molecular weight is 299 g/mol. The highest BCUT2D eigenvalue weighted by Gasteiger charge is 2.24. The lowest BCUT2D eigenvalue weighted by atomic mass is 10.1. The van der Waals surface area contributed by atoms with Crippen molar-refractivity contribution >= 4 is 11.8 Å². The number of furan rings is 1. The smallest absolute Gasteiger partial charge is 0.129 e. The van der Waals surface area contributed by atoms with Crippen LogP contribution in [-0.2, 0) is 11.3 Å². The van der Waals surface area contributed by atoms with Crippen LogP contribution in [0.5, 0.6) is 0 Å². The van der Waals surface area contributed by atoms with Crippen LogP contribution >= 0.6 is 11.8 Å². The van der Waals surface area contributed by atoms with Gasteiger partial charge in [-0.05, 0) is 18.1 Å². The number of hydrogen-bond acceptors (Lipinski definition) is 5. The van der Waals surface area contributed by atoms with Gasteiger partial charge in [0.1, 0.15) is 12.4 Å². The van der Waals surface area contributed by atoms with Crippen LogP contribution in [0.25, 0.3) is 0 Å². The van der Waals surface area contributed by atoms with Crippen LogP contribution in [0, 0.1) is 5.92 Å². The highest BCUT2D eigenvalue weighted by molar-refractivity contribution is 8.00. The SMILES string of the molecule is CC(C)C1CN(CC(O)COCc2ccco2)CCS1. The van der Waals surface area contributed by atoms with Crippen molar-refractivity contribution in [3.8, 4) is 0 Å². The van der Waals surface area contributed by atoms with Gasteiger partial charge in [-0.1, -0.05) is 13.8 Å². The highest BCUT2D eigenvalue weighted by Crippen LogP contribution is 2.24. The topological polar surface area (TPSA) is 45.8 Å². The fraction of sp³-hybridized carbons (Fsp3) is 0.733. The van der Waals surface area contributed by atoms with Crippen molar-refractivity contribution in [2.24, 2.45) is 5.92 Å². The minimum absolute atomic E-state index is 0.358. The van der Waals surface area contributed by atoms with E-state index >= 15 is 0 Å². The van der Waals surface area contributed by atoms with Crippen molar-refractivity contribution in [3.63, 3.8) is 0 Å². The molecule has 1 saturated heterocycles. The van der Waals surface area contributed by atoms with Crippen molar-refractivity contribution in [2.75, 3.05) is 32.0 Å². The van der Waals surface area contributed by atoms with Gasteiger partial charge in [-0.15, -0.1) is 0 Å². The molecule has 2 unspecified atom stereocenters. The Labute approximate surface area is 125 Å². The molecule has 0 aliphatic carbocycles. The Balaban J connectivity index is 1.64. The predicted octanol–water partition coefficient (Wildman–Crippen LogP) is 2.23. The second kappa shape index (κ2) is 8.08. The molecule has 20 heavy (non-hydrogen) atoms. The first kappa shape index (κ1) is 15.9. The fourth-order valence-electron chi connectivity index (χ4n) is 2.34. The monoisotopic (exact) mass is 299 g/mol. The summed E-state index contributed by atoms with van der Waals surface area (Å²) in [5.74, 6) is 2.64. The molecule has 4 nitrogen and oxygen atoms in total. The van der Waals surface area contributed by atoms with E-state index in [0.29, 0.717) is 30.9 Å². The van der Waals surface area contributed by atoms with Gasteiger partial charge in [0, 0.05) is 30.6 Å². The molecule has 5 heteroatoms. The molecule has 114 valence electrons. The van der Waals surface area contributed by atoms with Gasteiger partial charge in [0.15, 0.2) is 0 Å². The number of hydrogen-bond donors (Lipinski definition) is 1. The van der Waals surface area contributed by atoms with E-state index in [1.165, 1.54) is 0 Å². The Morgan fingerprint density at radius 3 is 3.10 bits per heavy atom. The molecule has 0 bridgehead atoms. The van der Waals surface area contributed by atoms with Crippen LogP contribution < -0.4 is 0 Å². The van der Waals surface area contributed by atoms with Gasteiger partial charge in [0.25, 0.3) is 0 Å². The third-order valence-electron chi connectivity index (χ3n) is 3.52. The molecule has 1 aliphatic rings. The zero-order valence-electron chi connectivity index (χ0n) is 12.3. The molecule has 0 radical (unpaired) electrons. The van der Waals surface area contributed by atoms with Crippen molar-refractivity contribution < 1.29 is 14.3 Å². The summed E-state index contributed by atoms with van der Waals surface area (Å²) >= 11 is 2.05. The van der Waals surface area contributed by atoms with Crippen molar-refractivity contribution in [1.82, 2.24) is 4.90 Å². The lowest BCUT2D eigenvalue weighted by molar-refractivity contribution is 0.00519. The number of ether oxygens (including phenoxy) is 1. The van der Waals surface area contributed by atoms with Gasteiger partial charge < -0.3 is 14.3 Å². The minimum Gasteiger partial charge on any atom is -0.467 e. The van der Waals surface area contributed by atoms with E-state index in [1.54, 1.807) is 6.26 Å². The molecule has 2 rings (SSSR count). The Hall–Kier alpha value is -0.490. The average Bonchev–Trinajstić information content (AvgIpc) is 2.92. The molecule has 1 aromatic heterocycles. The van der Waals surface area contributed by atoms with E-state index in [2.05, 4.69) is 30.5 Å². The quantitative estimate of drug-likeness (QED) is 0.836. The van der Waals surface area contributed by atoms with E-state index in [-0.39, 0.29) is 0 Å². The maximum atomic E-state index is 10.1. The second-order valence-corrected chi connectivity index (χ2v) is 7.01. The molecule has 0 saturated carbocycles. The van der Waals surface area contributed by atoms with Crippen LogP contribution in [0.3, 0.4) is 0 Å². The van der Waals surface area contributed by atoms with Crippen LogP contribution in [-0.4, -0.2) is 53.4 Å². The Morgan fingerprint density at radius 1 is 1.55 bits per heavy atom. The number of rotatable bonds is 7. The van der Waals surface area contributed by atoms with Crippen LogP contribution in [0.1, 0.15) is 19.6 Å². The predicted molar refractivity (Wildman–Crippen MR) is 81.9 cm³/mol. The molecule has 1 aliphatic heterocycles. The maximum Gasteiger partial charge on any atom is 0.129 e. The number of β-amino-alcohol motifs (C(OH)–C–C–N with tert-alkyl or cyclic N) is 1. The summed E-state index contributed by atoms with van der Waals surface area (Å²) in [6.07, 6.45) is 1.20. The van der Waals surface area contributed by atoms with Gasteiger partial charge in [-0.2, -0.15) is 11.8 Å². The number of aliphatic hydroxyl groups excluding tert-OH is 1. The lowest BCUT2D eigenvalue weighted by Gasteiger charge is -2.35. The largest absolute Gasteiger partial charge is 0.467 e. The number of thioether (sulfide) groups is 1. The summed E-state index contributed by atoms with van der Waals surface area (Å²) in [4.78, 5) is 2.35. The normalized spacial score (nSPS) is 22.3. The Kier molecular flexibility index (Phi) is 6.42. The summed E-state index contributed by atoms with van der Waals surface area (Å²) < 4.78 is 10.7. The zero-order chi connectivity index (χ0) is 14.4. The van der Waals surface area contributed by atoms with E-state index in [9.17, 15) is 5.11 Å². The molecule has 0 spiro atoms. The summed E-state index contributed by atoms with van der Waals surface area (Å²) in [6, 6.07) is 3.72. The van der Waals surface area contributed by atoms with Crippen molar-refractivity contribution in [1.29, 1.82) is 0 Å². The van der Waals surface area contributed by atoms with Crippen molar-refractivity contribution in [2.45, 2.75) is 31.8 Å². The number of aliphatic hydroxyl groups is 1. The Bertz CT molecular complexity index is 369. The molecule has 1 fully saturated rings. The third-order valence-corrected chi connectivity index (χ3v) is 5.06. The molecule has 1 aromatic rings. The molecule has 0 amide bonds. The first-order valence-electron chi connectivity index (χ1n) is 7.27. The molecule has 2 heterocycles. The van der Waals surface area contributed by atoms with Crippen LogP contribution in [0.2, 0.25) is 0 Å². The minimum atomic E-state index is -0.430. The lowest BCUT2D eigenvalue weighted by Crippen LogP contribution is -2.44. The summed E-state index contributed by atoms with van der Waals surface area (Å²) in [5.41, 5.74) is 0. The Morgan fingerprint density at radius 2 is 2.40 bits per heavy atom. The van der Waals surface area contributed by atoms with Gasteiger partial charge in [0.05, 0.1) is 19.0 Å². The standard InChI is InChI=1S/C15H25NO3S/c1-12(2)15-9-16(5-7-20-15)8-13(17)10-18-11-14-4-3-6-19-14/h3-4,6,12-13,15,17H,5,7-11H2,1-2H3. The first-order chi connectivity index (χ1) is 9.65. The third kappa shape index (κ3) is 5.13. The molecule has 1 N–H and O–H groups in total. The molecule has 0 aromatic carbocycles. The summed E-state index contributed by atoms with van der Waals surface area (Å²) in [7, 11) is 0. The molecular weight excluding hydrogens is 274 g/mol. The second-order valence-electron chi connectivity index (χ2n) is 5.66. The van der Waals surface area contributed by atoms with Gasteiger partial charge in [-0.3, -0.25) is 4.90 Å². The highest BCUT2D eigenvalue weighted by atomic mass is 32.2. The van der Waals surface area contributed by atoms with Gasteiger partial charge in [-0.25, -0.2) is 0 Å². The van der Waals surface area contributed by atoms with Gasteiger partial charge in [0.2, 0.25) is 0 Å². The zero-order valence-corrected chi connectivity index (χ0v) is 13.1. The summed E-state index contributed by atoms with van der Waals surface area (Å²) in [6.45, 7) is 8.14. The van der Waals surface area contributed by atoms with E-state index < -0.39 is 6.10 Å². The van der Waals surface area contributed by atoms with Crippen LogP contribution in [0.4, 0.5) is 0 Å². The van der Waals surface area contributed by atoms with Crippen molar-refractivity contribution in [3.05, 3.63) is 24.2 Å². The first-order valence-corrected chi connectivity index (χ1v) is 8.32. The van der Waals surface area contributed by atoms with Crippen LogP contribution in [0.15, 0.2) is 22.8 Å². The molecular formula is C15H25NO3S. The van der Waals surface area contributed by atoms with Gasteiger partial charge >= 0.3 is 0 Å². The fourth-order valence-corrected chi connectivity index (χ4v) is 3.71. The van der Waals surface area contributed by atoms with E-state index in [4.69, 9.17) is 9.15 Å². The maximum absolute atomic E-state index is 10.1. The van der Waals surface area contributed by atoms with E-state index in [0.717, 1.165) is 24.6 Å². The van der Waals surface area contributed by atoms with E-state index in [1.807, 2.05) is 12.1 Å². The molecule has 2 atom stereocenters. The summed E-state index contributed by atoms with van der Waals surface area (Å²) in [5, 5.41) is 10.7.